The van der Waals surface area contributed by atoms with Crippen LogP contribution in [0.25, 0.3) is 0 Å². The zero-order valence-corrected chi connectivity index (χ0v) is 11.7. The van der Waals surface area contributed by atoms with Crippen molar-refractivity contribution in [2.75, 3.05) is 27.2 Å². The van der Waals surface area contributed by atoms with Crippen molar-refractivity contribution >= 4 is 11.9 Å². The van der Waals surface area contributed by atoms with Gasteiger partial charge < -0.3 is 14.9 Å². The van der Waals surface area contributed by atoms with E-state index in [1.54, 1.807) is 4.90 Å². The lowest BCUT2D eigenvalue weighted by molar-refractivity contribution is 0.0626. The van der Waals surface area contributed by atoms with Gasteiger partial charge >= 0.3 is 5.97 Å². The Morgan fingerprint density at radius 1 is 1.40 bits per heavy atom. The van der Waals surface area contributed by atoms with Gasteiger partial charge in [0, 0.05) is 25.3 Å². The molecule has 1 saturated heterocycles. The molecule has 6 heteroatoms. The van der Waals surface area contributed by atoms with Crippen molar-refractivity contribution in [2.24, 2.45) is 0 Å². The monoisotopic (exact) mass is 277 g/mol. The molecule has 20 heavy (non-hydrogen) atoms. The number of likely N-dealkylation sites (N-methyl/N-ethyl adjacent to an activating group) is 1. The van der Waals surface area contributed by atoms with Crippen LogP contribution in [0.5, 0.6) is 0 Å². The maximum absolute atomic E-state index is 12.3. The first-order valence-corrected chi connectivity index (χ1v) is 6.64. The molecule has 0 spiro atoms. The highest BCUT2D eigenvalue weighted by Crippen LogP contribution is 2.16. The first-order valence-electron chi connectivity index (χ1n) is 6.64. The number of aromatic nitrogens is 1. The van der Waals surface area contributed by atoms with Gasteiger partial charge in [-0.2, -0.15) is 0 Å². The molecule has 2 rings (SSSR count). The summed E-state index contributed by atoms with van der Waals surface area (Å²) in [5, 5.41) is 8.82. The van der Waals surface area contributed by atoms with Gasteiger partial charge in [-0.15, -0.1) is 0 Å². The molecule has 1 amide bonds. The minimum atomic E-state index is -1.04. The minimum Gasteiger partial charge on any atom is -0.478 e. The van der Waals surface area contributed by atoms with E-state index in [0.29, 0.717) is 18.3 Å². The van der Waals surface area contributed by atoms with E-state index in [9.17, 15) is 9.59 Å². The second-order valence-corrected chi connectivity index (χ2v) is 5.25. The molecular formula is C14H19N3O3. The summed E-state index contributed by atoms with van der Waals surface area (Å²) < 4.78 is 0. The molecule has 0 bridgehead atoms. The number of pyridine rings is 1. The molecule has 0 aliphatic carbocycles. The zero-order chi connectivity index (χ0) is 14.7. The number of rotatable bonds is 3. The smallest absolute Gasteiger partial charge is 0.337 e. The van der Waals surface area contributed by atoms with Crippen molar-refractivity contribution in [1.82, 2.24) is 14.8 Å². The van der Waals surface area contributed by atoms with E-state index >= 15 is 0 Å². The SMILES string of the molecule is CN(C)C1CCCN(C(=O)c2ccc(C(=O)O)cn2)C1. The molecule has 0 aromatic carbocycles. The Morgan fingerprint density at radius 3 is 2.70 bits per heavy atom. The van der Waals surface area contributed by atoms with Crippen LogP contribution in [0.1, 0.15) is 33.7 Å². The van der Waals surface area contributed by atoms with Gasteiger partial charge in [0.05, 0.1) is 5.56 Å². The first-order chi connectivity index (χ1) is 9.49. The molecular weight excluding hydrogens is 258 g/mol. The third-order valence-electron chi connectivity index (χ3n) is 3.64. The van der Waals surface area contributed by atoms with E-state index in [0.717, 1.165) is 19.4 Å². The number of piperidine rings is 1. The summed E-state index contributed by atoms with van der Waals surface area (Å²) in [6.45, 7) is 1.42. The summed E-state index contributed by atoms with van der Waals surface area (Å²) in [5.74, 6) is -1.17. The molecule has 1 fully saturated rings. The van der Waals surface area contributed by atoms with Crippen LogP contribution in [0.15, 0.2) is 18.3 Å². The molecule has 108 valence electrons. The number of carbonyl (C=O) groups excluding carboxylic acids is 1. The molecule has 1 unspecified atom stereocenters. The second-order valence-electron chi connectivity index (χ2n) is 5.25. The molecule has 1 aliphatic rings. The van der Waals surface area contributed by atoms with Gasteiger partial charge in [0.2, 0.25) is 0 Å². The normalized spacial score (nSPS) is 19.1. The standard InChI is InChI=1S/C14H19N3O3/c1-16(2)11-4-3-7-17(9-11)13(18)12-6-5-10(8-15-12)14(19)20/h5-6,8,11H,3-4,7,9H2,1-2H3,(H,19,20). The zero-order valence-electron chi connectivity index (χ0n) is 11.7. The third-order valence-corrected chi connectivity index (χ3v) is 3.64. The molecule has 1 aromatic rings. The Balaban J connectivity index is 2.08. The van der Waals surface area contributed by atoms with Crippen LogP contribution in [0.3, 0.4) is 0 Å². The fourth-order valence-corrected chi connectivity index (χ4v) is 2.37. The van der Waals surface area contributed by atoms with Crippen LogP contribution < -0.4 is 0 Å². The number of likely N-dealkylation sites (tertiary alicyclic amines) is 1. The van der Waals surface area contributed by atoms with Crippen molar-refractivity contribution < 1.29 is 14.7 Å². The van der Waals surface area contributed by atoms with Gasteiger partial charge in [0.1, 0.15) is 5.69 Å². The number of nitrogens with zero attached hydrogens (tertiary/aromatic N) is 3. The predicted octanol–water partition coefficient (Wildman–Crippen LogP) is 0.946. The minimum absolute atomic E-state index is 0.0892. The molecule has 1 N–H and O–H groups in total. The van der Waals surface area contributed by atoms with Crippen LogP contribution in [0, 0.1) is 0 Å². The van der Waals surface area contributed by atoms with Crippen LogP contribution in [-0.2, 0) is 0 Å². The van der Waals surface area contributed by atoms with Crippen molar-refractivity contribution in [1.29, 1.82) is 0 Å². The number of carboxylic acids is 1. The van der Waals surface area contributed by atoms with Gasteiger partial charge in [0.25, 0.3) is 5.91 Å². The van der Waals surface area contributed by atoms with Gasteiger partial charge in [-0.1, -0.05) is 0 Å². The molecule has 1 aromatic heterocycles. The van der Waals surface area contributed by atoms with Crippen LogP contribution >= 0.6 is 0 Å². The first kappa shape index (κ1) is 14.5. The maximum atomic E-state index is 12.3. The number of carboxylic acid groups (broad SMARTS) is 1. The van der Waals surface area contributed by atoms with E-state index in [-0.39, 0.29) is 11.5 Å². The number of hydrogen-bond donors (Lipinski definition) is 1. The molecule has 0 radical (unpaired) electrons. The van der Waals surface area contributed by atoms with Crippen molar-refractivity contribution in [3.8, 4) is 0 Å². The Hall–Kier alpha value is -1.95. The largest absolute Gasteiger partial charge is 0.478 e. The maximum Gasteiger partial charge on any atom is 0.337 e. The highest BCUT2D eigenvalue weighted by molar-refractivity contribution is 5.93. The predicted molar refractivity (Wildman–Crippen MR) is 73.8 cm³/mol. The Kier molecular flexibility index (Phi) is 4.34. The number of amides is 1. The van der Waals surface area contributed by atoms with Crippen molar-refractivity contribution in [2.45, 2.75) is 18.9 Å². The summed E-state index contributed by atoms with van der Waals surface area (Å²) in [6.07, 6.45) is 3.28. The Labute approximate surface area is 118 Å². The molecule has 6 nitrogen and oxygen atoms in total. The van der Waals surface area contributed by atoms with Crippen molar-refractivity contribution in [3.05, 3.63) is 29.6 Å². The van der Waals surface area contributed by atoms with Crippen molar-refractivity contribution in [3.63, 3.8) is 0 Å². The highest BCUT2D eigenvalue weighted by Gasteiger charge is 2.26. The van der Waals surface area contributed by atoms with E-state index in [4.69, 9.17) is 5.11 Å². The van der Waals surface area contributed by atoms with E-state index in [2.05, 4.69) is 9.88 Å². The van der Waals surface area contributed by atoms with E-state index in [1.165, 1.54) is 18.3 Å². The molecule has 1 aliphatic heterocycles. The molecule has 0 saturated carbocycles. The number of carbonyl (C=O) groups is 2. The fourth-order valence-electron chi connectivity index (χ4n) is 2.37. The lowest BCUT2D eigenvalue weighted by Crippen LogP contribution is -2.47. The van der Waals surface area contributed by atoms with Gasteiger partial charge in [-0.3, -0.25) is 9.78 Å². The lowest BCUT2D eigenvalue weighted by atomic mass is 10.0. The van der Waals surface area contributed by atoms with Gasteiger partial charge in [-0.25, -0.2) is 4.79 Å². The topological polar surface area (TPSA) is 73.7 Å². The molecule has 1 atom stereocenters. The Morgan fingerprint density at radius 2 is 2.15 bits per heavy atom. The highest BCUT2D eigenvalue weighted by atomic mass is 16.4. The second kappa shape index (κ2) is 6.00. The van der Waals surface area contributed by atoms with Crippen LogP contribution in [0.2, 0.25) is 0 Å². The lowest BCUT2D eigenvalue weighted by Gasteiger charge is -2.35. The third kappa shape index (κ3) is 3.14. The fraction of sp³-hybridized carbons (Fsp3) is 0.500. The summed E-state index contributed by atoms with van der Waals surface area (Å²) in [6, 6.07) is 3.26. The Bertz CT molecular complexity index is 499. The number of aromatic carboxylic acids is 1. The molecule has 2 heterocycles. The van der Waals surface area contributed by atoms with Gasteiger partial charge in [-0.05, 0) is 39.1 Å². The van der Waals surface area contributed by atoms with Crippen LogP contribution in [-0.4, -0.2) is 65.0 Å². The summed E-state index contributed by atoms with van der Waals surface area (Å²) in [5.41, 5.74) is 0.390. The van der Waals surface area contributed by atoms with E-state index in [1.807, 2.05) is 14.1 Å². The van der Waals surface area contributed by atoms with E-state index < -0.39 is 5.97 Å². The van der Waals surface area contributed by atoms with Crippen LogP contribution in [0.4, 0.5) is 0 Å². The summed E-state index contributed by atoms with van der Waals surface area (Å²) in [7, 11) is 4.02. The summed E-state index contributed by atoms with van der Waals surface area (Å²) in [4.78, 5) is 31.0. The van der Waals surface area contributed by atoms with Gasteiger partial charge in [0.15, 0.2) is 0 Å². The number of hydrogen-bond acceptors (Lipinski definition) is 4. The average Bonchev–Trinajstić information content (AvgIpc) is 2.46. The summed E-state index contributed by atoms with van der Waals surface area (Å²) >= 11 is 0. The quantitative estimate of drug-likeness (QED) is 0.890. The average molecular weight is 277 g/mol.